The van der Waals surface area contributed by atoms with Crippen molar-refractivity contribution in [1.82, 2.24) is 9.69 Å². The predicted molar refractivity (Wildman–Crippen MR) is 150 cm³/mol. The largest absolute Gasteiger partial charge is 0.395 e. The van der Waals surface area contributed by atoms with Crippen molar-refractivity contribution >= 4 is 46.3 Å². The zero-order valence-corrected chi connectivity index (χ0v) is 22.1. The summed E-state index contributed by atoms with van der Waals surface area (Å²) in [5.41, 5.74) is 12.9. The second-order valence-corrected chi connectivity index (χ2v) is 9.63. The number of benzene rings is 3. The molecule has 0 saturated heterocycles. The van der Waals surface area contributed by atoms with E-state index in [1.54, 1.807) is 30.3 Å². The molecule has 1 heterocycles. The van der Waals surface area contributed by atoms with Gasteiger partial charge < -0.3 is 21.7 Å². The first-order chi connectivity index (χ1) is 18.7. The zero-order chi connectivity index (χ0) is 28.1. The highest BCUT2D eigenvalue weighted by atomic mass is 32.1. The summed E-state index contributed by atoms with van der Waals surface area (Å²) in [6.45, 7) is 0.180. The number of aromatic nitrogens is 1. The summed E-state index contributed by atoms with van der Waals surface area (Å²) in [7, 11) is 3.74. The van der Waals surface area contributed by atoms with E-state index in [2.05, 4.69) is 9.69 Å². The van der Waals surface area contributed by atoms with Gasteiger partial charge in [0, 0.05) is 26.3 Å². The van der Waals surface area contributed by atoms with Crippen molar-refractivity contribution in [3.63, 3.8) is 0 Å². The van der Waals surface area contributed by atoms with Crippen molar-refractivity contribution in [1.29, 1.82) is 0 Å². The summed E-state index contributed by atoms with van der Waals surface area (Å²) in [5.74, 6) is -2.99. The average Bonchev–Trinajstić information content (AvgIpc) is 3.32. The summed E-state index contributed by atoms with van der Waals surface area (Å²) in [5, 5.41) is 2.87. The predicted octanol–water partition coefficient (Wildman–Crippen LogP) is 3.73. The van der Waals surface area contributed by atoms with Crippen LogP contribution < -0.4 is 26.6 Å². The summed E-state index contributed by atoms with van der Waals surface area (Å²) >= 11 is 0.654. The SMILES string of the molecule is CN(C)c1ccc(C(C(=O)NCc2ccccc2)N(C(=O)c2snc(C(N)=O)c2N)c2ccccc2F)cc1. The fraction of sp³-hybridized carbons (Fsp3) is 0.143. The lowest BCUT2D eigenvalue weighted by Gasteiger charge is -2.31. The molecule has 1 unspecified atom stereocenters. The summed E-state index contributed by atoms with van der Waals surface area (Å²) < 4.78 is 19.2. The smallest absolute Gasteiger partial charge is 0.273 e. The van der Waals surface area contributed by atoms with E-state index in [1.165, 1.54) is 18.2 Å². The van der Waals surface area contributed by atoms with Gasteiger partial charge in [-0.3, -0.25) is 19.3 Å². The van der Waals surface area contributed by atoms with Gasteiger partial charge in [0.1, 0.15) is 16.7 Å². The number of hydrogen-bond acceptors (Lipinski definition) is 7. The molecule has 0 aliphatic heterocycles. The maximum atomic E-state index is 15.3. The van der Waals surface area contributed by atoms with Crippen LogP contribution in [0, 0.1) is 5.82 Å². The van der Waals surface area contributed by atoms with Crippen molar-refractivity contribution in [3.05, 3.63) is 106 Å². The van der Waals surface area contributed by atoms with Gasteiger partial charge >= 0.3 is 0 Å². The molecule has 1 atom stereocenters. The second-order valence-electron chi connectivity index (χ2n) is 8.86. The highest BCUT2D eigenvalue weighted by Gasteiger charge is 2.37. The van der Waals surface area contributed by atoms with Crippen molar-refractivity contribution in [2.24, 2.45) is 5.73 Å². The number of carbonyl (C=O) groups excluding carboxylic acids is 3. The molecule has 39 heavy (non-hydrogen) atoms. The molecule has 0 aliphatic rings. The number of nitrogens with two attached hydrogens (primary N) is 2. The van der Waals surface area contributed by atoms with Gasteiger partial charge in [-0.1, -0.05) is 54.6 Å². The molecule has 1 aromatic heterocycles. The Morgan fingerprint density at radius 1 is 0.974 bits per heavy atom. The minimum atomic E-state index is -1.30. The minimum Gasteiger partial charge on any atom is -0.395 e. The van der Waals surface area contributed by atoms with Crippen LogP contribution in [0.25, 0.3) is 0 Å². The van der Waals surface area contributed by atoms with Crippen LogP contribution >= 0.6 is 11.5 Å². The van der Waals surface area contributed by atoms with Crippen LogP contribution in [-0.4, -0.2) is 36.2 Å². The molecule has 0 fully saturated rings. The summed E-state index contributed by atoms with van der Waals surface area (Å²) in [6, 6.07) is 20.6. The van der Waals surface area contributed by atoms with E-state index in [9.17, 15) is 14.4 Å². The fourth-order valence-corrected chi connectivity index (χ4v) is 4.75. The molecule has 4 rings (SSSR count). The molecule has 4 aromatic rings. The van der Waals surface area contributed by atoms with Crippen LogP contribution in [-0.2, 0) is 11.3 Å². The van der Waals surface area contributed by atoms with Gasteiger partial charge in [-0.2, -0.15) is 4.37 Å². The van der Waals surface area contributed by atoms with Crippen molar-refractivity contribution in [2.45, 2.75) is 12.6 Å². The average molecular weight is 547 g/mol. The number of para-hydroxylation sites is 1. The first-order valence-electron chi connectivity index (χ1n) is 11.9. The minimum absolute atomic E-state index is 0.141. The molecule has 0 saturated carbocycles. The molecular formula is C28H27FN6O3S. The number of amides is 3. The Kier molecular flexibility index (Phi) is 8.21. The Bertz CT molecular complexity index is 1490. The lowest BCUT2D eigenvalue weighted by Crippen LogP contribution is -2.44. The standard InChI is InChI=1S/C28H27FN6O3S/c1-34(2)19-14-12-18(13-15-19)24(27(37)32-16-17-8-4-3-5-9-17)35(21-11-7-6-10-20(21)29)28(38)25-22(30)23(26(31)36)33-39-25/h3-15,24H,16,30H2,1-2H3,(H2,31,36)(H,32,37). The summed E-state index contributed by atoms with van der Waals surface area (Å²) in [6.07, 6.45) is 0. The third kappa shape index (κ3) is 5.88. The zero-order valence-electron chi connectivity index (χ0n) is 21.3. The van der Waals surface area contributed by atoms with Gasteiger partial charge in [-0.05, 0) is 46.9 Å². The normalized spacial score (nSPS) is 11.5. The van der Waals surface area contributed by atoms with Crippen LogP contribution in [0.3, 0.4) is 0 Å². The number of halogens is 1. The number of anilines is 3. The van der Waals surface area contributed by atoms with Crippen molar-refractivity contribution < 1.29 is 18.8 Å². The highest BCUT2D eigenvalue weighted by Crippen LogP contribution is 2.35. The number of primary amides is 1. The Labute approximate surface area is 229 Å². The van der Waals surface area contributed by atoms with E-state index in [1.807, 2.05) is 49.3 Å². The molecule has 9 nitrogen and oxygen atoms in total. The van der Waals surface area contributed by atoms with Crippen molar-refractivity contribution in [3.8, 4) is 0 Å². The molecule has 0 aliphatic carbocycles. The van der Waals surface area contributed by atoms with Gasteiger partial charge in [0.05, 0.1) is 11.4 Å². The Balaban J connectivity index is 1.85. The third-order valence-corrected chi connectivity index (χ3v) is 6.88. The number of hydrogen-bond donors (Lipinski definition) is 3. The van der Waals surface area contributed by atoms with Gasteiger partial charge in [0.25, 0.3) is 11.8 Å². The molecule has 3 amide bonds. The maximum Gasteiger partial charge on any atom is 0.273 e. The van der Waals surface area contributed by atoms with E-state index in [4.69, 9.17) is 11.5 Å². The van der Waals surface area contributed by atoms with Gasteiger partial charge in [0.15, 0.2) is 5.69 Å². The molecule has 3 aromatic carbocycles. The first kappa shape index (κ1) is 27.3. The quantitative estimate of drug-likeness (QED) is 0.293. The van der Waals surface area contributed by atoms with Crippen LogP contribution in [0.15, 0.2) is 78.9 Å². The number of nitrogens with one attached hydrogen (secondary N) is 1. The number of nitrogen functional groups attached to an aromatic ring is 1. The monoisotopic (exact) mass is 546 g/mol. The molecule has 0 bridgehead atoms. The topological polar surface area (TPSA) is 135 Å². The summed E-state index contributed by atoms with van der Waals surface area (Å²) in [4.78, 5) is 42.4. The molecular weight excluding hydrogens is 519 g/mol. The molecule has 0 spiro atoms. The number of nitrogens with zero attached hydrogens (tertiary/aromatic N) is 3. The Hall–Kier alpha value is -4.77. The highest BCUT2D eigenvalue weighted by molar-refractivity contribution is 7.09. The first-order valence-corrected chi connectivity index (χ1v) is 12.7. The van der Waals surface area contributed by atoms with E-state index < -0.39 is 29.6 Å². The molecule has 0 radical (unpaired) electrons. The lowest BCUT2D eigenvalue weighted by molar-refractivity contribution is -0.122. The van der Waals surface area contributed by atoms with Gasteiger partial charge in [-0.15, -0.1) is 0 Å². The van der Waals surface area contributed by atoms with E-state index >= 15 is 4.39 Å². The van der Waals surface area contributed by atoms with Gasteiger partial charge in [-0.25, -0.2) is 4.39 Å². The van der Waals surface area contributed by atoms with E-state index in [0.29, 0.717) is 17.1 Å². The van der Waals surface area contributed by atoms with Crippen LogP contribution in [0.1, 0.15) is 37.3 Å². The van der Waals surface area contributed by atoms with Crippen molar-refractivity contribution in [2.75, 3.05) is 29.6 Å². The number of rotatable bonds is 9. The van der Waals surface area contributed by atoms with Crippen LogP contribution in [0.4, 0.5) is 21.5 Å². The second kappa shape index (κ2) is 11.7. The third-order valence-electron chi connectivity index (χ3n) is 6.03. The maximum absolute atomic E-state index is 15.3. The van der Waals surface area contributed by atoms with Gasteiger partial charge in [0.2, 0.25) is 5.91 Å². The molecule has 5 N–H and O–H groups in total. The lowest BCUT2D eigenvalue weighted by atomic mass is 10.0. The fourth-order valence-electron chi connectivity index (χ4n) is 4.01. The van der Waals surface area contributed by atoms with E-state index in [-0.39, 0.29) is 28.5 Å². The molecule has 200 valence electrons. The number of carbonyl (C=O) groups is 3. The van der Waals surface area contributed by atoms with E-state index in [0.717, 1.165) is 16.2 Å². The van der Waals surface area contributed by atoms with Crippen LogP contribution in [0.5, 0.6) is 0 Å². The van der Waals surface area contributed by atoms with Crippen LogP contribution in [0.2, 0.25) is 0 Å². The molecule has 11 heteroatoms. The Morgan fingerprint density at radius 3 is 2.21 bits per heavy atom. The Morgan fingerprint density at radius 2 is 1.62 bits per heavy atom.